The number of anilines is 1. The molecule has 140 valence electrons. The molecule has 0 spiro atoms. The molecule has 6 nitrogen and oxygen atoms in total. The van der Waals surface area contributed by atoms with Crippen LogP contribution in [0, 0.1) is 0 Å². The molecule has 5 rings (SSSR count). The van der Waals surface area contributed by atoms with Crippen molar-refractivity contribution >= 4 is 16.7 Å². The van der Waals surface area contributed by atoms with E-state index < -0.39 is 0 Å². The lowest BCUT2D eigenvalue weighted by atomic mass is 10.1. The Morgan fingerprint density at radius 2 is 1.57 bits per heavy atom. The van der Waals surface area contributed by atoms with E-state index in [1.807, 2.05) is 24.3 Å². The number of fused-ring (bicyclic) bond motifs is 1. The number of ether oxygens (including phenoxy) is 1. The topological polar surface area (TPSA) is 74.3 Å². The first-order valence-corrected chi connectivity index (χ1v) is 9.35. The summed E-state index contributed by atoms with van der Waals surface area (Å²) in [4.78, 5) is 7.00. The number of H-pyrrole nitrogens is 1. The fraction of sp³-hybridized carbons (Fsp3) is 0.182. The maximum absolute atomic E-state index is 9.46. The van der Waals surface area contributed by atoms with Crippen molar-refractivity contribution in [3.05, 3.63) is 60.7 Å². The van der Waals surface area contributed by atoms with Crippen LogP contribution in [0.25, 0.3) is 33.5 Å². The predicted octanol–water partition coefficient (Wildman–Crippen LogP) is 3.83. The molecule has 4 aromatic rings. The molecular formula is C22H20N4O2. The Balaban J connectivity index is 1.45. The first-order chi connectivity index (χ1) is 13.8. The highest BCUT2D eigenvalue weighted by atomic mass is 16.5. The van der Waals surface area contributed by atoms with Gasteiger partial charge in [0.05, 0.1) is 24.6 Å². The van der Waals surface area contributed by atoms with Gasteiger partial charge in [0.2, 0.25) is 0 Å². The minimum atomic E-state index is 0.243. The summed E-state index contributed by atoms with van der Waals surface area (Å²) in [7, 11) is 0. The van der Waals surface area contributed by atoms with Gasteiger partial charge in [-0.2, -0.15) is 5.10 Å². The lowest BCUT2D eigenvalue weighted by molar-refractivity contribution is 0.122. The summed E-state index contributed by atoms with van der Waals surface area (Å²) >= 11 is 0. The summed E-state index contributed by atoms with van der Waals surface area (Å²) in [5, 5.41) is 18.0. The van der Waals surface area contributed by atoms with Crippen molar-refractivity contribution in [2.45, 2.75) is 0 Å². The Labute approximate surface area is 162 Å². The molecule has 1 fully saturated rings. The van der Waals surface area contributed by atoms with Gasteiger partial charge >= 0.3 is 0 Å². The lowest BCUT2D eigenvalue weighted by Gasteiger charge is -2.28. The SMILES string of the molecule is Oc1ccc(-c2ccc3c(-c4ccc(N5CCOCC5)cc4)[nH]nc3n2)cc1. The first-order valence-electron chi connectivity index (χ1n) is 9.35. The fourth-order valence-corrected chi connectivity index (χ4v) is 3.57. The summed E-state index contributed by atoms with van der Waals surface area (Å²) in [6.45, 7) is 3.41. The zero-order valence-corrected chi connectivity index (χ0v) is 15.3. The van der Waals surface area contributed by atoms with E-state index in [4.69, 9.17) is 4.74 Å². The van der Waals surface area contributed by atoms with E-state index in [9.17, 15) is 5.11 Å². The summed E-state index contributed by atoms with van der Waals surface area (Å²) in [6.07, 6.45) is 0. The van der Waals surface area contributed by atoms with Gasteiger partial charge in [0.1, 0.15) is 5.75 Å². The molecule has 2 aromatic heterocycles. The van der Waals surface area contributed by atoms with Crippen LogP contribution in [0.2, 0.25) is 0 Å². The molecule has 2 N–H and O–H groups in total. The van der Waals surface area contributed by atoms with Gasteiger partial charge < -0.3 is 14.7 Å². The van der Waals surface area contributed by atoms with E-state index in [1.165, 1.54) is 5.69 Å². The van der Waals surface area contributed by atoms with Gasteiger partial charge in [-0.3, -0.25) is 5.10 Å². The Morgan fingerprint density at radius 1 is 0.857 bits per heavy atom. The second-order valence-electron chi connectivity index (χ2n) is 6.86. The lowest BCUT2D eigenvalue weighted by Crippen LogP contribution is -2.36. The molecule has 0 atom stereocenters. The molecule has 0 amide bonds. The van der Waals surface area contributed by atoms with Crippen LogP contribution in [0.3, 0.4) is 0 Å². The predicted molar refractivity (Wildman–Crippen MR) is 109 cm³/mol. The Morgan fingerprint density at radius 3 is 2.32 bits per heavy atom. The number of hydrogen-bond donors (Lipinski definition) is 2. The van der Waals surface area contributed by atoms with Crippen LogP contribution in [-0.4, -0.2) is 46.6 Å². The number of phenolic OH excluding ortho intramolecular Hbond substituents is 1. The third kappa shape index (κ3) is 3.08. The van der Waals surface area contributed by atoms with Gasteiger partial charge in [0.25, 0.3) is 0 Å². The minimum Gasteiger partial charge on any atom is -0.508 e. The highest BCUT2D eigenvalue weighted by molar-refractivity contribution is 5.92. The zero-order valence-electron chi connectivity index (χ0n) is 15.3. The molecule has 2 aromatic carbocycles. The number of rotatable bonds is 3. The van der Waals surface area contributed by atoms with Crippen LogP contribution < -0.4 is 4.90 Å². The number of phenols is 1. The van der Waals surface area contributed by atoms with Crippen molar-refractivity contribution in [3.63, 3.8) is 0 Å². The molecule has 0 bridgehead atoms. The maximum Gasteiger partial charge on any atom is 0.182 e. The number of benzene rings is 2. The number of aromatic amines is 1. The molecule has 1 saturated heterocycles. The summed E-state index contributed by atoms with van der Waals surface area (Å²) < 4.78 is 5.43. The molecule has 1 aliphatic rings. The molecule has 3 heterocycles. The second-order valence-corrected chi connectivity index (χ2v) is 6.86. The molecule has 0 unspecified atom stereocenters. The fourth-order valence-electron chi connectivity index (χ4n) is 3.57. The number of hydrogen-bond acceptors (Lipinski definition) is 5. The molecular weight excluding hydrogens is 352 g/mol. The average molecular weight is 372 g/mol. The van der Waals surface area contributed by atoms with Crippen molar-refractivity contribution < 1.29 is 9.84 Å². The first kappa shape index (κ1) is 16.8. The van der Waals surface area contributed by atoms with Gasteiger partial charge in [-0.05, 0) is 48.5 Å². The average Bonchev–Trinajstić information content (AvgIpc) is 3.18. The maximum atomic E-state index is 9.46. The van der Waals surface area contributed by atoms with Crippen molar-refractivity contribution in [3.8, 4) is 28.3 Å². The van der Waals surface area contributed by atoms with E-state index >= 15 is 0 Å². The van der Waals surface area contributed by atoms with E-state index in [-0.39, 0.29) is 5.75 Å². The standard InChI is InChI=1S/C22H20N4O2/c27-18-7-3-15(4-8-18)20-10-9-19-21(24-25-22(19)23-20)16-1-5-17(6-2-16)26-11-13-28-14-12-26/h1-10,27H,11-14H2,(H,23,24,25). The Kier molecular flexibility index (Phi) is 4.18. The zero-order chi connectivity index (χ0) is 18.9. The quantitative estimate of drug-likeness (QED) is 0.572. The van der Waals surface area contributed by atoms with E-state index in [2.05, 4.69) is 44.3 Å². The smallest absolute Gasteiger partial charge is 0.182 e. The van der Waals surface area contributed by atoms with Crippen LogP contribution in [-0.2, 0) is 4.74 Å². The van der Waals surface area contributed by atoms with Crippen molar-refractivity contribution in [1.29, 1.82) is 0 Å². The van der Waals surface area contributed by atoms with Gasteiger partial charge in [-0.25, -0.2) is 4.98 Å². The number of aromatic hydroxyl groups is 1. The number of nitrogens with one attached hydrogen (secondary N) is 1. The van der Waals surface area contributed by atoms with Gasteiger partial charge in [-0.15, -0.1) is 0 Å². The van der Waals surface area contributed by atoms with Gasteiger partial charge in [-0.1, -0.05) is 12.1 Å². The second kappa shape index (κ2) is 6.98. The molecule has 0 saturated carbocycles. The minimum absolute atomic E-state index is 0.243. The molecule has 0 radical (unpaired) electrons. The number of morpholine rings is 1. The molecule has 0 aliphatic carbocycles. The number of pyridine rings is 1. The third-order valence-corrected chi connectivity index (χ3v) is 5.11. The highest BCUT2D eigenvalue weighted by Crippen LogP contribution is 2.29. The van der Waals surface area contributed by atoms with E-state index in [0.717, 1.165) is 54.2 Å². The van der Waals surface area contributed by atoms with Gasteiger partial charge in [0.15, 0.2) is 5.65 Å². The van der Waals surface area contributed by atoms with E-state index in [0.29, 0.717) is 5.65 Å². The van der Waals surface area contributed by atoms with Gasteiger partial charge in [0, 0.05) is 35.3 Å². The molecule has 1 aliphatic heterocycles. The van der Waals surface area contributed by atoms with Crippen LogP contribution >= 0.6 is 0 Å². The van der Waals surface area contributed by atoms with Crippen LogP contribution in [0.15, 0.2) is 60.7 Å². The number of aromatic nitrogens is 3. The molecule has 6 heteroatoms. The van der Waals surface area contributed by atoms with Crippen molar-refractivity contribution in [2.24, 2.45) is 0 Å². The van der Waals surface area contributed by atoms with E-state index in [1.54, 1.807) is 12.1 Å². The van der Waals surface area contributed by atoms with Crippen LogP contribution in [0.4, 0.5) is 5.69 Å². The molecule has 28 heavy (non-hydrogen) atoms. The largest absolute Gasteiger partial charge is 0.508 e. The Hall–Kier alpha value is -3.38. The summed E-state index contributed by atoms with van der Waals surface area (Å²) in [5.41, 5.74) is 5.71. The highest BCUT2D eigenvalue weighted by Gasteiger charge is 2.13. The third-order valence-electron chi connectivity index (χ3n) is 5.11. The van der Waals surface area contributed by atoms with Crippen LogP contribution in [0.5, 0.6) is 5.75 Å². The normalized spacial score (nSPS) is 14.5. The Bertz CT molecular complexity index is 1100. The summed E-state index contributed by atoms with van der Waals surface area (Å²) in [6, 6.07) is 19.6. The van der Waals surface area contributed by atoms with Crippen molar-refractivity contribution in [1.82, 2.24) is 15.2 Å². The summed E-state index contributed by atoms with van der Waals surface area (Å²) in [5.74, 6) is 0.243. The van der Waals surface area contributed by atoms with Crippen molar-refractivity contribution in [2.75, 3.05) is 31.2 Å². The van der Waals surface area contributed by atoms with Crippen LogP contribution in [0.1, 0.15) is 0 Å². The number of nitrogens with zero attached hydrogens (tertiary/aromatic N) is 3. The monoisotopic (exact) mass is 372 g/mol.